The summed E-state index contributed by atoms with van der Waals surface area (Å²) in [5.41, 5.74) is 1.95. The first-order valence-electron chi connectivity index (χ1n) is 8.26. The maximum absolute atomic E-state index is 12.5. The number of hydrogen-bond donors (Lipinski definition) is 1. The van der Waals surface area contributed by atoms with Crippen molar-refractivity contribution >= 4 is 10.9 Å². The molecule has 0 amide bonds. The number of nitrogens with one attached hydrogen (secondary N) is 1. The number of fused-ring (bicyclic) bond motifs is 1. The molecule has 3 nitrogen and oxygen atoms in total. The lowest BCUT2D eigenvalue weighted by Crippen LogP contribution is -2.24. The van der Waals surface area contributed by atoms with Gasteiger partial charge in [0.2, 0.25) is 0 Å². The van der Waals surface area contributed by atoms with Crippen LogP contribution < -0.4 is 5.56 Å². The van der Waals surface area contributed by atoms with Crippen molar-refractivity contribution in [3.05, 3.63) is 39.9 Å². The molecular weight excluding hydrogens is 272 g/mol. The summed E-state index contributed by atoms with van der Waals surface area (Å²) in [5, 5.41) is 0.696. The van der Waals surface area contributed by atoms with Gasteiger partial charge < -0.3 is 4.98 Å². The molecule has 3 heteroatoms. The minimum atomic E-state index is -0.161. The third-order valence-electron chi connectivity index (χ3n) is 4.69. The summed E-state index contributed by atoms with van der Waals surface area (Å²) >= 11 is 0. The van der Waals surface area contributed by atoms with E-state index in [1.807, 2.05) is 12.1 Å². The molecule has 0 aliphatic heterocycles. The Labute approximate surface area is 133 Å². The SMILES string of the molecule is CCCC(C)(CC)c1ccc2nc(C(C)(C)C)[nH]c(=O)c2c1. The summed E-state index contributed by atoms with van der Waals surface area (Å²) in [6.45, 7) is 12.9. The van der Waals surface area contributed by atoms with Crippen molar-refractivity contribution in [2.75, 3.05) is 0 Å². The van der Waals surface area contributed by atoms with Gasteiger partial charge in [0, 0.05) is 5.41 Å². The van der Waals surface area contributed by atoms with Gasteiger partial charge in [0.1, 0.15) is 5.82 Å². The lowest BCUT2D eigenvalue weighted by atomic mass is 9.76. The number of nitrogens with zero attached hydrogens (tertiary/aromatic N) is 1. The predicted octanol–water partition coefficient (Wildman–Crippen LogP) is 4.69. The van der Waals surface area contributed by atoms with E-state index in [0.29, 0.717) is 5.39 Å². The van der Waals surface area contributed by atoms with Crippen LogP contribution in [0.5, 0.6) is 0 Å². The van der Waals surface area contributed by atoms with Gasteiger partial charge in [0.05, 0.1) is 10.9 Å². The van der Waals surface area contributed by atoms with Crippen molar-refractivity contribution in [2.45, 2.75) is 71.6 Å². The fraction of sp³-hybridized carbons (Fsp3) is 0.579. The smallest absolute Gasteiger partial charge is 0.258 e. The summed E-state index contributed by atoms with van der Waals surface area (Å²) in [6, 6.07) is 6.17. The van der Waals surface area contributed by atoms with Crippen molar-refractivity contribution < 1.29 is 0 Å². The highest BCUT2D eigenvalue weighted by molar-refractivity contribution is 5.78. The first-order chi connectivity index (χ1) is 10.2. The normalized spacial score (nSPS) is 15.0. The van der Waals surface area contributed by atoms with Crippen molar-refractivity contribution in [3.8, 4) is 0 Å². The first kappa shape index (κ1) is 16.7. The van der Waals surface area contributed by atoms with Crippen LogP contribution in [0.3, 0.4) is 0 Å². The average Bonchev–Trinajstić information content (AvgIpc) is 2.46. The number of aromatic nitrogens is 2. The van der Waals surface area contributed by atoms with Gasteiger partial charge in [-0.3, -0.25) is 4.79 Å². The summed E-state index contributed by atoms with van der Waals surface area (Å²) in [6.07, 6.45) is 3.33. The Morgan fingerprint density at radius 2 is 1.82 bits per heavy atom. The molecule has 0 aliphatic carbocycles. The van der Waals surface area contributed by atoms with Gasteiger partial charge in [-0.05, 0) is 36.0 Å². The van der Waals surface area contributed by atoms with Gasteiger partial charge >= 0.3 is 0 Å². The van der Waals surface area contributed by atoms with Crippen LogP contribution in [0.4, 0.5) is 0 Å². The van der Waals surface area contributed by atoms with Gasteiger partial charge in [-0.15, -0.1) is 0 Å². The third-order valence-corrected chi connectivity index (χ3v) is 4.69. The molecule has 2 aromatic rings. The van der Waals surface area contributed by atoms with Crippen LogP contribution in [0, 0.1) is 0 Å². The van der Waals surface area contributed by atoms with E-state index in [2.05, 4.69) is 57.6 Å². The minimum Gasteiger partial charge on any atom is -0.310 e. The van der Waals surface area contributed by atoms with Crippen LogP contribution in [-0.4, -0.2) is 9.97 Å². The Bertz CT molecular complexity index is 724. The molecule has 1 N–H and O–H groups in total. The quantitative estimate of drug-likeness (QED) is 0.890. The van der Waals surface area contributed by atoms with Crippen LogP contribution in [0.2, 0.25) is 0 Å². The molecule has 0 saturated carbocycles. The molecule has 120 valence electrons. The number of rotatable bonds is 4. The van der Waals surface area contributed by atoms with E-state index in [-0.39, 0.29) is 16.4 Å². The highest BCUT2D eigenvalue weighted by atomic mass is 16.1. The van der Waals surface area contributed by atoms with Crippen molar-refractivity contribution in [3.63, 3.8) is 0 Å². The van der Waals surface area contributed by atoms with E-state index in [4.69, 9.17) is 0 Å². The van der Waals surface area contributed by atoms with Crippen LogP contribution in [0.1, 0.15) is 72.2 Å². The van der Waals surface area contributed by atoms with Crippen molar-refractivity contribution in [1.29, 1.82) is 0 Å². The Morgan fingerprint density at radius 3 is 2.36 bits per heavy atom. The maximum Gasteiger partial charge on any atom is 0.258 e. The largest absolute Gasteiger partial charge is 0.310 e. The van der Waals surface area contributed by atoms with Crippen LogP contribution >= 0.6 is 0 Å². The Hall–Kier alpha value is -1.64. The first-order valence-corrected chi connectivity index (χ1v) is 8.26. The van der Waals surface area contributed by atoms with Gasteiger partial charge in [-0.25, -0.2) is 4.98 Å². The number of benzene rings is 1. The lowest BCUT2D eigenvalue weighted by Gasteiger charge is -2.29. The average molecular weight is 300 g/mol. The number of hydrogen-bond acceptors (Lipinski definition) is 2. The predicted molar refractivity (Wildman–Crippen MR) is 93.6 cm³/mol. The molecule has 1 aromatic heterocycles. The van der Waals surface area contributed by atoms with Crippen molar-refractivity contribution in [2.24, 2.45) is 0 Å². The molecule has 1 heterocycles. The van der Waals surface area contributed by atoms with Crippen LogP contribution in [0.25, 0.3) is 10.9 Å². The zero-order chi connectivity index (χ0) is 16.5. The van der Waals surface area contributed by atoms with Gasteiger partial charge in [0.15, 0.2) is 0 Å². The molecule has 0 bridgehead atoms. The number of H-pyrrole nitrogens is 1. The molecule has 0 radical (unpaired) electrons. The highest BCUT2D eigenvalue weighted by Crippen LogP contribution is 2.33. The van der Waals surface area contributed by atoms with E-state index in [0.717, 1.165) is 30.6 Å². The zero-order valence-corrected chi connectivity index (χ0v) is 14.7. The lowest BCUT2D eigenvalue weighted by molar-refractivity contribution is 0.414. The summed E-state index contributed by atoms with van der Waals surface area (Å²) in [4.78, 5) is 20.1. The monoisotopic (exact) mass is 300 g/mol. The Kier molecular flexibility index (Phi) is 4.46. The molecule has 1 aromatic carbocycles. The second kappa shape index (κ2) is 5.86. The zero-order valence-electron chi connectivity index (χ0n) is 14.7. The Balaban J connectivity index is 2.62. The highest BCUT2D eigenvalue weighted by Gasteiger charge is 2.24. The molecule has 1 unspecified atom stereocenters. The molecule has 1 atom stereocenters. The molecular formula is C19H28N2O. The van der Waals surface area contributed by atoms with Crippen LogP contribution in [-0.2, 0) is 10.8 Å². The maximum atomic E-state index is 12.5. The van der Waals surface area contributed by atoms with Gasteiger partial charge in [-0.2, -0.15) is 0 Å². The molecule has 2 rings (SSSR count). The molecule has 0 saturated heterocycles. The molecule has 22 heavy (non-hydrogen) atoms. The second-order valence-electron chi connectivity index (χ2n) is 7.56. The topological polar surface area (TPSA) is 45.8 Å². The summed E-state index contributed by atoms with van der Waals surface area (Å²) in [7, 11) is 0. The minimum absolute atomic E-state index is 0.0354. The van der Waals surface area contributed by atoms with E-state index < -0.39 is 0 Å². The third kappa shape index (κ3) is 3.08. The van der Waals surface area contributed by atoms with Gasteiger partial charge in [0.25, 0.3) is 5.56 Å². The van der Waals surface area contributed by atoms with Crippen LogP contribution in [0.15, 0.2) is 23.0 Å². The second-order valence-corrected chi connectivity index (χ2v) is 7.56. The fourth-order valence-corrected chi connectivity index (χ4v) is 2.95. The molecule has 0 aliphatic rings. The summed E-state index contributed by atoms with van der Waals surface area (Å²) in [5.74, 6) is 0.740. The molecule has 0 fully saturated rings. The summed E-state index contributed by atoms with van der Waals surface area (Å²) < 4.78 is 0. The molecule has 0 spiro atoms. The van der Waals surface area contributed by atoms with Gasteiger partial charge in [-0.1, -0.05) is 54.0 Å². The number of aromatic amines is 1. The van der Waals surface area contributed by atoms with E-state index in [1.165, 1.54) is 5.56 Å². The standard InChI is InChI=1S/C19H28N2O/c1-7-11-19(6,8-2)13-9-10-15-14(12-13)16(22)21-17(20-15)18(3,4)5/h9-10,12H,7-8,11H2,1-6H3,(H,20,21,22). The van der Waals surface area contributed by atoms with Crippen molar-refractivity contribution in [1.82, 2.24) is 9.97 Å². The van der Waals surface area contributed by atoms with E-state index in [1.54, 1.807) is 0 Å². The fourth-order valence-electron chi connectivity index (χ4n) is 2.95. The van der Waals surface area contributed by atoms with E-state index in [9.17, 15) is 4.79 Å². The Morgan fingerprint density at radius 1 is 1.14 bits per heavy atom. The van der Waals surface area contributed by atoms with E-state index >= 15 is 0 Å².